The van der Waals surface area contributed by atoms with Gasteiger partial charge in [0, 0.05) is 6.07 Å². The van der Waals surface area contributed by atoms with Crippen LogP contribution < -0.4 is 10.1 Å². The minimum Gasteiger partial charge on any atom is -0.497 e. The summed E-state index contributed by atoms with van der Waals surface area (Å²) in [6.45, 7) is 1.82. The van der Waals surface area contributed by atoms with Gasteiger partial charge in [0.25, 0.3) is 0 Å². The first-order valence-corrected chi connectivity index (χ1v) is 5.75. The maximum atomic E-state index is 13.8. The van der Waals surface area contributed by atoms with Gasteiger partial charge in [0.05, 0.1) is 24.0 Å². The van der Waals surface area contributed by atoms with Crippen LogP contribution in [0.15, 0.2) is 36.4 Å². The van der Waals surface area contributed by atoms with E-state index < -0.39 is 0 Å². The van der Waals surface area contributed by atoms with Gasteiger partial charge in [-0.25, -0.2) is 4.39 Å². The first kappa shape index (κ1) is 12.9. The molecule has 0 heterocycles. The van der Waals surface area contributed by atoms with Gasteiger partial charge in [-0.05, 0) is 36.8 Å². The van der Waals surface area contributed by atoms with Gasteiger partial charge in [0.1, 0.15) is 17.6 Å². The summed E-state index contributed by atoms with van der Waals surface area (Å²) < 4.78 is 18.9. The second-order valence-corrected chi connectivity index (χ2v) is 4.13. The number of nitrogens with zero attached hydrogens (tertiary/aromatic N) is 1. The number of aryl methyl sites for hydroxylation is 1. The van der Waals surface area contributed by atoms with Crippen LogP contribution in [0.2, 0.25) is 0 Å². The number of ether oxygens (including phenoxy) is 1. The van der Waals surface area contributed by atoms with Crippen molar-refractivity contribution in [1.29, 1.82) is 5.26 Å². The molecule has 2 aromatic carbocycles. The number of rotatable bonds is 3. The largest absolute Gasteiger partial charge is 0.497 e. The van der Waals surface area contributed by atoms with E-state index in [2.05, 4.69) is 11.4 Å². The van der Waals surface area contributed by atoms with Crippen LogP contribution in [0.3, 0.4) is 0 Å². The van der Waals surface area contributed by atoms with Crippen LogP contribution in [0.5, 0.6) is 5.75 Å². The van der Waals surface area contributed by atoms with Crippen molar-refractivity contribution in [3.05, 3.63) is 53.3 Å². The third-order valence-electron chi connectivity index (χ3n) is 2.74. The van der Waals surface area contributed by atoms with Crippen LogP contribution in [0.4, 0.5) is 15.8 Å². The van der Waals surface area contributed by atoms with Gasteiger partial charge in [-0.3, -0.25) is 0 Å². The molecular formula is C15H13FN2O. The minimum absolute atomic E-state index is 0.329. The fourth-order valence-corrected chi connectivity index (χ4v) is 1.72. The van der Waals surface area contributed by atoms with Gasteiger partial charge in [0.2, 0.25) is 0 Å². The Morgan fingerprint density at radius 2 is 1.95 bits per heavy atom. The van der Waals surface area contributed by atoms with Gasteiger partial charge >= 0.3 is 0 Å². The van der Waals surface area contributed by atoms with Gasteiger partial charge in [-0.15, -0.1) is 0 Å². The number of methoxy groups -OCH3 is 1. The summed E-state index contributed by atoms with van der Waals surface area (Å²) in [4.78, 5) is 0. The smallest absolute Gasteiger partial charge is 0.146 e. The predicted octanol–water partition coefficient (Wildman–Crippen LogP) is 3.76. The van der Waals surface area contributed by atoms with E-state index in [4.69, 9.17) is 10.00 Å². The zero-order valence-corrected chi connectivity index (χ0v) is 10.7. The van der Waals surface area contributed by atoms with Crippen LogP contribution in [-0.4, -0.2) is 7.11 Å². The molecule has 2 aromatic rings. The average Bonchev–Trinajstić information content (AvgIpc) is 2.41. The van der Waals surface area contributed by atoms with Crippen LogP contribution in [0, 0.1) is 24.1 Å². The molecule has 0 saturated carbocycles. The van der Waals surface area contributed by atoms with Crippen LogP contribution in [0.1, 0.15) is 11.1 Å². The summed E-state index contributed by atoms with van der Waals surface area (Å²) in [5.74, 6) is 0.251. The van der Waals surface area contributed by atoms with Gasteiger partial charge in [-0.2, -0.15) is 5.26 Å². The van der Waals surface area contributed by atoms with E-state index in [1.165, 1.54) is 13.2 Å². The van der Waals surface area contributed by atoms with Gasteiger partial charge < -0.3 is 10.1 Å². The summed E-state index contributed by atoms with van der Waals surface area (Å²) in [5.41, 5.74) is 2.12. The molecule has 2 rings (SSSR count). The molecule has 0 spiro atoms. The SMILES string of the molecule is COc1ccc(C#N)c(Nc2ccc(C)cc2F)c1. The van der Waals surface area contributed by atoms with Crippen molar-refractivity contribution in [2.24, 2.45) is 0 Å². The molecule has 3 nitrogen and oxygen atoms in total. The summed E-state index contributed by atoms with van der Waals surface area (Å²) >= 11 is 0. The Morgan fingerprint density at radius 3 is 2.58 bits per heavy atom. The fraction of sp³-hybridized carbons (Fsp3) is 0.133. The Balaban J connectivity index is 2.39. The van der Waals surface area contributed by atoms with Crippen LogP contribution in [0.25, 0.3) is 0 Å². The second-order valence-electron chi connectivity index (χ2n) is 4.13. The van der Waals surface area contributed by atoms with E-state index in [1.807, 2.05) is 6.92 Å². The zero-order chi connectivity index (χ0) is 13.8. The number of hydrogen-bond donors (Lipinski definition) is 1. The maximum absolute atomic E-state index is 13.8. The summed E-state index contributed by atoms with van der Waals surface area (Å²) in [6, 6.07) is 11.9. The first-order valence-electron chi connectivity index (χ1n) is 5.75. The van der Waals surface area contributed by atoms with E-state index in [0.717, 1.165) is 5.56 Å². The molecule has 0 atom stereocenters. The Bertz CT molecular complexity index is 647. The van der Waals surface area contributed by atoms with Crippen molar-refractivity contribution in [1.82, 2.24) is 0 Å². The lowest BCUT2D eigenvalue weighted by atomic mass is 10.1. The predicted molar refractivity (Wildman–Crippen MR) is 72.1 cm³/mol. The molecule has 0 radical (unpaired) electrons. The molecule has 0 saturated heterocycles. The minimum atomic E-state index is -0.355. The van der Waals surface area contributed by atoms with Crippen molar-refractivity contribution in [2.45, 2.75) is 6.92 Å². The summed E-state index contributed by atoms with van der Waals surface area (Å²) in [6.07, 6.45) is 0. The molecule has 1 N–H and O–H groups in total. The number of nitrogens with one attached hydrogen (secondary N) is 1. The van der Waals surface area contributed by atoms with E-state index in [9.17, 15) is 4.39 Å². The second kappa shape index (κ2) is 5.40. The highest BCUT2D eigenvalue weighted by Gasteiger charge is 2.07. The van der Waals surface area contributed by atoms with Gasteiger partial charge in [-0.1, -0.05) is 6.07 Å². The van der Waals surface area contributed by atoms with Crippen molar-refractivity contribution >= 4 is 11.4 Å². The highest BCUT2D eigenvalue weighted by atomic mass is 19.1. The summed E-state index contributed by atoms with van der Waals surface area (Å²) in [7, 11) is 1.54. The molecule has 0 amide bonds. The number of halogens is 1. The molecule has 0 fully saturated rings. The molecule has 0 aliphatic rings. The molecule has 0 aromatic heterocycles. The number of anilines is 2. The quantitative estimate of drug-likeness (QED) is 0.909. The molecular weight excluding hydrogens is 243 g/mol. The Labute approximate surface area is 111 Å². The third-order valence-corrected chi connectivity index (χ3v) is 2.74. The normalized spacial score (nSPS) is 9.79. The lowest BCUT2D eigenvalue weighted by molar-refractivity contribution is 0.415. The fourth-order valence-electron chi connectivity index (χ4n) is 1.72. The molecule has 0 unspecified atom stereocenters. The van der Waals surface area contributed by atoms with Crippen LogP contribution in [-0.2, 0) is 0 Å². The molecule has 0 aliphatic heterocycles. The zero-order valence-electron chi connectivity index (χ0n) is 10.7. The van der Waals surface area contributed by atoms with Crippen LogP contribution >= 0.6 is 0 Å². The van der Waals surface area contributed by atoms with E-state index >= 15 is 0 Å². The molecule has 96 valence electrons. The van der Waals surface area contributed by atoms with Gasteiger partial charge in [0.15, 0.2) is 0 Å². The molecule has 19 heavy (non-hydrogen) atoms. The van der Waals surface area contributed by atoms with E-state index in [0.29, 0.717) is 22.7 Å². The van der Waals surface area contributed by atoms with Crippen molar-refractivity contribution < 1.29 is 9.13 Å². The highest BCUT2D eigenvalue weighted by Crippen LogP contribution is 2.27. The first-order chi connectivity index (χ1) is 9.13. The Hall–Kier alpha value is -2.54. The van der Waals surface area contributed by atoms with Crippen molar-refractivity contribution in [2.75, 3.05) is 12.4 Å². The van der Waals surface area contributed by atoms with Crippen molar-refractivity contribution in [3.63, 3.8) is 0 Å². The number of nitriles is 1. The topological polar surface area (TPSA) is 45.0 Å². The van der Waals surface area contributed by atoms with E-state index in [-0.39, 0.29) is 5.82 Å². The van der Waals surface area contributed by atoms with E-state index in [1.54, 1.807) is 30.3 Å². The summed E-state index contributed by atoms with van der Waals surface area (Å²) in [5, 5.41) is 12.0. The van der Waals surface area contributed by atoms with Crippen molar-refractivity contribution in [3.8, 4) is 11.8 Å². The lowest BCUT2D eigenvalue weighted by Gasteiger charge is -2.11. The monoisotopic (exact) mass is 256 g/mol. The average molecular weight is 256 g/mol. The molecule has 4 heteroatoms. The number of benzene rings is 2. The number of hydrogen-bond acceptors (Lipinski definition) is 3. The third kappa shape index (κ3) is 2.83. The molecule has 0 aliphatic carbocycles. The lowest BCUT2D eigenvalue weighted by Crippen LogP contribution is -1.97. The Morgan fingerprint density at radius 1 is 1.16 bits per heavy atom. The standard InChI is InChI=1S/C15H13FN2O/c1-10-3-6-14(13(16)7-10)18-15-8-12(19-2)5-4-11(15)9-17/h3-8,18H,1-2H3. The highest BCUT2D eigenvalue weighted by molar-refractivity contribution is 5.68. The maximum Gasteiger partial charge on any atom is 0.146 e. The Kier molecular flexibility index (Phi) is 3.67. The molecule has 0 bridgehead atoms.